The number of ether oxygens (including phenoxy) is 1. The first-order valence-corrected chi connectivity index (χ1v) is 11.0. The zero-order valence-corrected chi connectivity index (χ0v) is 19.1. The number of rotatable bonds is 7. The zero-order valence-electron chi connectivity index (χ0n) is 18.4. The minimum atomic E-state index is -0.527. The molecule has 2 aromatic heterocycles. The molecule has 4 rings (SSSR count). The number of nitrogens with zero attached hydrogens (tertiary/aromatic N) is 7. The predicted molar refractivity (Wildman–Crippen MR) is 117 cm³/mol. The fourth-order valence-electron chi connectivity index (χ4n) is 4.44. The van der Waals surface area contributed by atoms with Crippen LogP contribution in [0.1, 0.15) is 64.5 Å². The van der Waals surface area contributed by atoms with Crippen molar-refractivity contribution in [3.8, 4) is 5.75 Å². The summed E-state index contributed by atoms with van der Waals surface area (Å²) >= 11 is 6.07. The maximum atomic E-state index is 6.48. The Kier molecular flexibility index (Phi) is 5.98. The number of hydrogen-bond acceptors (Lipinski definition) is 7. The molecule has 0 spiro atoms. The molecule has 0 saturated heterocycles. The molecular formula is C21H29ClN8O. The summed E-state index contributed by atoms with van der Waals surface area (Å²) in [4.78, 5) is 4.15. The van der Waals surface area contributed by atoms with Crippen LogP contribution in [0.5, 0.6) is 5.75 Å². The van der Waals surface area contributed by atoms with Gasteiger partial charge in [-0.25, -0.2) is 14.3 Å². The molecule has 0 amide bonds. The Hall–Kier alpha value is -2.52. The van der Waals surface area contributed by atoms with Crippen molar-refractivity contribution in [2.45, 2.75) is 64.3 Å². The van der Waals surface area contributed by atoms with Gasteiger partial charge in [0, 0.05) is 5.02 Å². The molecule has 1 saturated carbocycles. The quantitative estimate of drug-likeness (QED) is 0.592. The van der Waals surface area contributed by atoms with Gasteiger partial charge in [-0.1, -0.05) is 45.2 Å². The lowest BCUT2D eigenvalue weighted by atomic mass is 9.84. The summed E-state index contributed by atoms with van der Waals surface area (Å²) in [6.45, 7) is 6.46. The Morgan fingerprint density at radius 2 is 1.87 bits per heavy atom. The van der Waals surface area contributed by atoms with Gasteiger partial charge < -0.3 is 10.1 Å². The molecular weight excluding hydrogens is 416 g/mol. The molecule has 1 N–H and O–H groups in total. The van der Waals surface area contributed by atoms with Crippen molar-refractivity contribution in [3.05, 3.63) is 47.8 Å². The van der Waals surface area contributed by atoms with Crippen molar-refractivity contribution in [1.82, 2.24) is 40.3 Å². The van der Waals surface area contributed by atoms with Crippen LogP contribution >= 0.6 is 11.6 Å². The average molecular weight is 445 g/mol. The zero-order chi connectivity index (χ0) is 22.1. The van der Waals surface area contributed by atoms with E-state index in [-0.39, 0.29) is 17.0 Å². The lowest BCUT2D eigenvalue weighted by Crippen LogP contribution is -2.44. The number of nitrogens with one attached hydrogen (secondary N) is 1. The largest absolute Gasteiger partial charge is 0.466 e. The molecule has 1 aliphatic rings. The molecule has 166 valence electrons. The van der Waals surface area contributed by atoms with Crippen molar-refractivity contribution in [3.63, 3.8) is 0 Å². The van der Waals surface area contributed by atoms with E-state index in [9.17, 15) is 0 Å². The number of aromatic nitrogens is 7. The fourth-order valence-corrected chi connectivity index (χ4v) is 4.57. The highest BCUT2D eigenvalue weighted by Crippen LogP contribution is 2.44. The van der Waals surface area contributed by atoms with E-state index in [1.807, 2.05) is 23.9 Å². The molecule has 2 unspecified atom stereocenters. The van der Waals surface area contributed by atoms with Crippen LogP contribution in [0.4, 0.5) is 0 Å². The van der Waals surface area contributed by atoms with Gasteiger partial charge in [0.05, 0.1) is 5.54 Å². The summed E-state index contributed by atoms with van der Waals surface area (Å²) in [6.07, 6.45) is 6.90. The van der Waals surface area contributed by atoms with Gasteiger partial charge in [0.25, 0.3) is 0 Å². The van der Waals surface area contributed by atoms with E-state index in [4.69, 9.17) is 16.3 Å². The molecule has 31 heavy (non-hydrogen) atoms. The Labute approximate surface area is 187 Å². The van der Waals surface area contributed by atoms with Crippen LogP contribution in [0.15, 0.2) is 36.9 Å². The molecule has 9 nitrogen and oxygen atoms in total. The van der Waals surface area contributed by atoms with Crippen LogP contribution in [0.2, 0.25) is 5.02 Å². The van der Waals surface area contributed by atoms with Gasteiger partial charge in [-0.3, -0.25) is 0 Å². The monoisotopic (exact) mass is 444 g/mol. The second kappa shape index (κ2) is 8.55. The highest BCUT2D eigenvalue weighted by molar-refractivity contribution is 6.30. The smallest absolute Gasteiger partial charge is 0.215 e. The Morgan fingerprint density at radius 3 is 2.45 bits per heavy atom. The van der Waals surface area contributed by atoms with E-state index in [1.54, 1.807) is 23.1 Å². The molecule has 2 atom stereocenters. The normalized spacial score (nSPS) is 18.1. The van der Waals surface area contributed by atoms with Crippen LogP contribution < -0.4 is 10.1 Å². The van der Waals surface area contributed by atoms with Gasteiger partial charge in [-0.2, -0.15) is 5.10 Å². The second-order valence-electron chi connectivity index (χ2n) is 9.13. The highest BCUT2D eigenvalue weighted by Gasteiger charge is 2.45. The third-order valence-electron chi connectivity index (χ3n) is 6.05. The number of halogens is 1. The topological polar surface area (TPSA) is 95.6 Å². The Bertz CT molecular complexity index is 974. The molecule has 2 heterocycles. The fraction of sp³-hybridized carbons (Fsp3) is 0.571. The lowest BCUT2D eigenvalue weighted by molar-refractivity contribution is -0.00255. The number of tetrazole rings is 1. The standard InChI is InChI=1S/C21H29ClN8O/c1-20(2,3)17(30-19(26-27-28-30)21(23-4)11-5-6-12-21)18(29-14-24-13-25-29)31-16-9-7-15(22)8-10-16/h7-10,13-14,17-18,23H,5-6,11-12H2,1-4H3. The molecule has 1 aliphatic carbocycles. The summed E-state index contributed by atoms with van der Waals surface area (Å²) in [5.74, 6) is 1.51. The molecule has 0 bridgehead atoms. The van der Waals surface area contributed by atoms with E-state index < -0.39 is 6.23 Å². The highest BCUT2D eigenvalue weighted by atomic mass is 35.5. The average Bonchev–Trinajstić information content (AvgIpc) is 3.49. The summed E-state index contributed by atoms with van der Waals surface area (Å²) in [5.41, 5.74) is -0.513. The third kappa shape index (κ3) is 4.29. The van der Waals surface area contributed by atoms with Gasteiger partial charge in [-0.05, 0) is 60.0 Å². The van der Waals surface area contributed by atoms with E-state index >= 15 is 0 Å². The van der Waals surface area contributed by atoms with Crippen LogP contribution in [0.3, 0.4) is 0 Å². The number of hydrogen-bond donors (Lipinski definition) is 1. The first-order chi connectivity index (χ1) is 14.8. The molecule has 10 heteroatoms. The summed E-state index contributed by atoms with van der Waals surface area (Å²) in [6, 6.07) is 7.04. The van der Waals surface area contributed by atoms with Crippen LogP contribution in [-0.2, 0) is 5.54 Å². The van der Waals surface area contributed by atoms with Crippen molar-refractivity contribution in [2.75, 3.05) is 7.05 Å². The minimum absolute atomic E-state index is 0.250. The first-order valence-electron chi connectivity index (χ1n) is 10.6. The van der Waals surface area contributed by atoms with Crippen molar-refractivity contribution in [1.29, 1.82) is 0 Å². The van der Waals surface area contributed by atoms with E-state index in [0.717, 1.165) is 31.5 Å². The maximum absolute atomic E-state index is 6.48. The van der Waals surface area contributed by atoms with Gasteiger partial charge in [0.1, 0.15) is 24.4 Å². The van der Waals surface area contributed by atoms with Gasteiger partial charge in [0.2, 0.25) is 6.23 Å². The van der Waals surface area contributed by atoms with Crippen LogP contribution in [0, 0.1) is 5.41 Å². The molecule has 1 fully saturated rings. The first kappa shape index (κ1) is 21.7. The van der Waals surface area contributed by atoms with Gasteiger partial charge in [-0.15, -0.1) is 5.10 Å². The summed E-state index contributed by atoms with van der Waals surface area (Å²) < 4.78 is 10.1. The third-order valence-corrected chi connectivity index (χ3v) is 6.30. The minimum Gasteiger partial charge on any atom is -0.466 e. The Morgan fingerprint density at radius 1 is 1.16 bits per heavy atom. The van der Waals surface area contributed by atoms with Gasteiger partial charge >= 0.3 is 0 Å². The molecule has 0 aliphatic heterocycles. The number of benzene rings is 1. The van der Waals surface area contributed by atoms with Crippen molar-refractivity contribution < 1.29 is 4.74 Å². The SMILES string of the molecule is CNC1(c2nnnn2C(C(Oc2ccc(Cl)cc2)n2cncn2)C(C)(C)C)CCCC1. The summed E-state index contributed by atoms with van der Waals surface area (Å²) in [5, 5.41) is 21.6. The predicted octanol–water partition coefficient (Wildman–Crippen LogP) is 3.77. The Balaban J connectivity index is 1.81. The molecule has 1 aromatic carbocycles. The van der Waals surface area contributed by atoms with Gasteiger partial charge in [0.15, 0.2) is 5.82 Å². The lowest BCUT2D eigenvalue weighted by Gasteiger charge is -2.38. The van der Waals surface area contributed by atoms with E-state index in [1.165, 1.54) is 6.33 Å². The molecule has 0 radical (unpaired) electrons. The second-order valence-corrected chi connectivity index (χ2v) is 9.57. The van der Waals surface area contributed by atoms with Crippen molar-refractivity contribution >= 4 is 11.6 Å². The van der Waals surface area contributed by atoms with E-state index in [2.05, 4.69) is 51.7 Å². The van der Waals surface area contributed by atoms with E-state index in [0.29, 0.717) is 10.8 Å². The van der Waals surface area contributed by atoms with Crippen LogP contribution in [0.25, 0.3) is 0 Å². The maximum Gasteiger partial charge on any atom is 0.215 e. The molecule has 3 aromatic rings. The van der Waals surface area contributed by atoms with Crippen molar-refractivity contribution in [2.24, 2.45) is 5.41 Å². The summed E-state index contributed by atoms with van der Waals surface area (Å²) in [7, 11) is 1.98. The van der Waals surface area contributed by atoms with Crippen LogP contribution in [-0.4, -0.2) is 42.0 Å².